The first-order valence-electron chi connectivity index (χ1n) is 4.54. The molecule has 2 rings (SSSR count). The number of benzene rings is 1. The van der Waals surface area contributed by atoms with Crippen molar-refractivity contribution < 1.29 is 25.8 Å². The minimum atomic E-state index is -5.70. The summed E-state index contributed by atoms with van der Waals surface area (Å²) in [5.74, 6) is -0.488. The van der Waals surface area contributed by atoms with Crippen LogP contribution in [0, 0.1) is 11.3 Å². The van der Waals surface area contributed by atoms with Crippen LogP contribution >= 0.6 is 11.3 Å². The highest BCUT2D eigenvalue weighted by Gasteiger charge is 2.48. The lowest BCUT2D eigenvalue weighted by Gasteiger charge is -2.08. The minimum Gasteiger partial charge on any atom is -0.376 e. The highest BCUT2D eigenvalue weighted by Crippen LogP contribution is 2.30. The third kappa shape index (κ3) is 2.61. The van der Waals surface area contributed by atoms with Crippen molar-refractivity contribution in [1.82, 2.24) is 4.98 Å². The molecule has 10 heteroatoms. The summed E-state index contributed by atoms with van der Waals surface area (Å²) in [6, 6.07) is 5.16. The fourth-order valence-electron chi connectivity index (χ4n) is 1.18. The Balaban J connectivity index is 2.40. The van der Waals surface area contributed by atoms with Gasteiger partial charge in [-0.2, -0.15) is 26.9 Å². The first-order chi connectivity index (χ1) is 8.73. The molecule has 0 unspecified atom stereocenters. The van der Waals surface area contributed by atoms with Gasteiger partial charge in [-0.1, -0.05) is 0 Å². The molecule has 0 aliphatic carbocycles. The fourth-order valence-corrected chi connectivity index (χ4v) is 2.42. The maximum Gasteiger partial charge on any atom is 0.534 e. The molecule has 0 radical (unpaired) electrons. The van der Waals surface area contributed by atoms with Crippen molar-refractivity contribution in [2.24, 2.45) is 0 Å². The molecule has 0 bridgehead atoms. The second kappa shape index (κ2) is 4.36. The van der Waals surface area contributed by atoms with Crippen molar-refractivity contribution >= 4 is 31.7 Å². The van der Waals surface area contributed by atoms with Crippen LogP contribution in [0.1, 0.15) is 5.01 Å². The van der Waals surface area contributed by atoms with Crippen LogP contribution in [0.2, 0.25) is 0 Å². The van der Waals surface area contributed by atoms with Gasteiger partial charge in [0.15, 0.2) is 5.01 Å². The standard InChI is InChI=1S/C9H3F3N2O3S2/c10-9(11,12)19(15,16)17-5-1-2-6-7(3-5)18-8(4-13)14-6/h1-3H. The van der Waals surface area contributed by atoms with E-state index in [-0.39, 0.29) is 5.01 Å². The predicted molar refractivity (Wildman–Crippen MR) is 59.9 cm³/mol. The number of alkyl halides is 3. The maximum absolute atomic E-state index is 12.1. The summed E-state index contributed by atoms with van der Waals surface area (Å²) in [6.45, 7) is 0. The number of fused-ring (bicyclic) bond motifs is 1. The first kappa shape index (κ1) is 13.6. The minimum absolute atomic E-state index is 0.117. The molecule has 1 aromatic carbocycles. The van der Waals surface area contributed by atoms with Crippen LogP contribution in [0.4, 0.5) is 13.2 Å². The molecule has 0 aliphatic rings. The van der Waals surface area contributed by atoms with E-state index in [0.717, 1.165) is 23.5 Å². The van der Waals surface area contributed by atoms with E-state index >= 15 is 0 Å². The number of aromatic nitrogens is 1. The predicted octanol–water partition coefficient (Wildman–Crippen LogP) is 2.40. The van der Waals surface area contributed by atoms with Crippen molar-refractivity contribution in [2.45, 2.75) is 5.51 Å². The second-order valence-corrected chi connectivity index (χ2v) is 5.81. The Morgan fingerprint density at radius 1 is 1.37 bits per heavy atom. The van der Waals surface area contributed by atoms with Crippen molar-refractivity contribution in [3.05, 3.63) is 23.2 Å². The summed E-state index contributed by atoms with van der Waals surface area (Å²) in [6.07, 6.45) is 0. The van der Waals surface area contributed by atoms with E-state index in [9.17, 15) is 21.6 Å². The zero-order valence-corrected chi connectivity index (χ0v) is 10.4. The fraction of sp³-hybridized carbons (Fsp3) is 0.111. The SMILES string of the molecule is N#Cc1nc2ccc(OS(=O)(=O)C(F)(F)F)cc2s1. The van der Waals surface area contributed by atoms with Crippen LogP contribution in [-0.4, -0.2) is 18.9 Å². The number of hydrogen-bond donors (Lipinski definition) is 0. The monoisotopic (exact) mass is 308 g/mol. The van der Waals surface area contributed by atoms with E-state index < -0.39 is 21.4 Å². The Morgan fingerprint density at radius 2 is 2.05 bits per heavy atom. The topological polar surface area (TPSA) is 80.0 Å². The lowest BCUT2D eigenvalue weighted by Crippen LogP contribution is -2.27. The highest BCUT2D eigenvalue weighted by atomic mass is 32.2. The van der Waals surface area contributed by atoms with Gasteiger partial charge in [0, 0.05) is 6.07 Å². The van der Waals surface area contributed by atoms with Crippen molar-refractivity contribution in [1.29, 1.82) is 5.26 Å². The molecule has 0 N–H and O–H groups in total. The Labute approximate surface area is 109 Å². The number of halogens is 3. The Morgan fingerprint density at radius 3 is 2.63 bits per heavy atom. The number of thiazole rings is 1. The smallest absolute Gasteiger partial charge is 0.376 e. The van der Waals surface area contributed by atoms with E-state index in [0.29, 0.717) is 10.2 Å². The molecule has 0 amide bonds. The van der Waals surface area contributed by atoms with Crippen LogP contribution in [-0.2, 0) is 10.1 Å². The van der Waals surface area contributed by atoms with Gasteiger partial charge >= 0.3 is 15.6 Å². The van der Waals surface area contributed by atoms with E-state index in [4.69, 9.17) is 5.26 Å². The lowest BCUT2D eigenvalue weighted by molar-refractivity contribution is -0.0500. The van der Waals surface area contributed by atoms with Gasteiger partial charge in [-0.3, -0.25) is 0 Å². The van der Waals surface area contributed by atoms with Crippen molar-refractivity contribution in [2.75, 3.05) is 0 Å². The molecule has 1 aromatic heterocycles. The average molecular weight is 308 g/mol. The normalized spacial score (nSPS) is 12.3. The van der Waals surface area contributed by atoms with Gasteiger partial charge in [-0.05, 0) is 12.1 Å². The molecule has 1 heterocycles. The molecular weight excluding hydrogens is 305 g/mol. The molecule has 0 spiro atoms. The Kier molecular flexibility index (Phi) is 3.11. The molecule has 2 aromatic rings. The molecule has 5 nitrogen and oxygen atoms in total. The third-order valence-electron chi connectivity index (χ3n) is 1.94. The van der Waals surface area contributed by atoms with Crippen LogP contribution < -0.4 is 4.18 Å². The molecule has 19 heavy (non-hydrogen) atoms. The first-order valence-corrected chi connectivity index (χ1v) is 6.77. The number of nitriles is 1. The zero-order valence-electron chi connectivity index (χ0n) is 8.80. The van der Waals surface area contributed by atoms with Crippen molar-refractivity contribution in [3.63, 3.8) is 0 Å². The molecular formula is C9H3F3N2O3S2. The van der Waals surface area contributed by atoms with E-state index in [1.54, 1.807) is 6.07 Å². The molecule has 0 saturated heterocycles. The van der Waals surface area contributed by atoms with Gasteiger partial charge in [0.05, 0.1) is 10.2 Å². The Hall–Kier alpha value is -1.86. The van der Waals surface area contributed by atoms with E-state index in [2.05, 4.69) is 9.17 Å². The van der Waals surface area contributed by atoms with Gasteiger partial charge in [0.1, 0.15) is 11.8 Å². The maximum atomic E-state index is 12.1. The number of nitrogens with zero attached hydrogens (tertiary/aromatic N) is 2. The van der Waals surface area contributed by atoms with Crippen LogP contribution in [0.15, 0.2) is 18.2 Å². The summed E-state index contributed by atoms with van der Waals surface area (Å²) in [5, 5.41) is 8.74. The molecule has 0 aliphatic heterocycles. The lowest BCUT2D eigenvalue weighted by atomic mass is 10.3. The summed E-state index contributed by atoms with van der Waals surface area (Å²) in [4.78, 5) is 3.85. The molecule has 0 saturated carbocycles. The van der Waals surface area contributed by atoms with Crippen LogP contribution in [0.25, 0.3) is 10.2 Å². The van der Waals surface area contributed by atoms with Gasteiger partial charge in [-0.15, -0.1) is 11.3 Å². The van der Waals surface area contributed by atoms with Gasteiger partial charge in [-0.25, -0.2) is 4.98 Å². The summed E-state index contributed by atoms with van der Waals surface area (Å²) < 4.78 is 62.3. The van der Waals surface area contributed by atoms with Crippen LogP contribution in [0.3, 0.4) is 0 Å². The number of rotatable bonds is 2. The van der Waals surface area contributed by atoms with Gasteiger partial charge < -0.3 is 4.18 Å². The Bertz CT molecular complexity index is 774. The van der Waals surface area contributed by atoms with Gasteiger partial charge in [0.25, 0.3) is 0 Å². The second-order valence-electron chi connectivity index (χ2n) is 3.24. The van der Waals surface area contributed by atoms with E-state index in [1.807, 2.05) is 0 Å². The molecule has 0 atom stereocenters. The van der Waals surface area contributed by atoms with Gasteiger partial charge in [0.2, 0.25) is 0 Å². The quantitative estimate of drug-likeness (QED) is 0.628. The summed E-state index contributed by atoms with van der Waals surface area (Å²) >= 11 is 0.917. The van der Waals surface area contributed by atoms with Crippen molar-refractivity contribution in [3.8, 4) is 11.8 Å². The third-order valence-corrected chi connectivity index (χ3v) is 3.85. The molecule has 100 valence electrons. The van der Waals surface area contributed by atoms with Crippen LogP contribution in [0.5, 0.6) is 5.75 Å². The summed E-state index contributed by atoms with van der Waals surface area (Å²) in [7, 11) is -5.70. The average Bonchev–Trinajstić information content (AvgIpc) is 2.69. The molecule has 0 fully saturated rings. The van der Waals surface area contributed by atoms with E-state index in [1.165, 1.54) is 6.07 Å². The highest BCUT2D eigenvalue weighted by molar-refractivity contribution is 7.88. The summed E-state index contributed by atoms with van der Waals surface area (Å²) in [5.41, 5.74) is -5.12. The zero-order chi connectivity index (χ0) is 14.3. The largest absolute Gasteiger partial charge is 0.534 e. The number of hydrogen-bond acceptors (Lipinski definition) is 6.